The highest BCUT2D eigenvalue weighted by molar-refractivity contribution is 7.45. The van der Waals surface area contributed by atoms with E-state index in [1.807, 2.05) is 21.1 Å². The number of allylic oxidation sites excluding steroid dienone is 10. The number of carbonyl (C=O) groups excluding carboxylic acids is 2. The van der Waals surface area contributed by atoms with E-state index in [-0.39, 0.29) is 26.1 Å². The summed E-state index contributed by atoms with van der Waals surface area (Å²) in [5, 5.41) is 0. The summed E-state index contributed by atoms with van der Waals surface area (Å²) in [7, 11) is 1.16. The standard InChI is InChI=1S/C55H100NO8P/c1-6-8-10-12-14-16-18-20-21-22-23-24-25-26-27-28-29-30-31-32-33-34-35-36-38-40-42-44-46-48-55(58)64-53(52-63-65(59,60)62-50-49-56(3,4)5)51-61-54(57)47-45-43-41-39-37-19-17-15-13-11-9-7-2/h8,10,14-17,20-21,23-24,53H,6-7,9,11-13,18-19,22,25-52H2,1-5H3/b10-8-,16-14-,17-15-,21-20-,24-23-. The Bertz CT molecular complexity index is 1290. The second-order valence-corrected chi connectivity index (χ2v) is 20.3. The van der Waals surface area contributed by atoms with Gasteiger partial charge in [-0.1, -0.05) is 197 Å². The van der Waals surface area contributed by atoms with Crippen molar-refractivity contribution in [2.75, 3.05) is 47.5 Å². The summed E-state index contributed by atoms with van der Waals surface area (Å²) in [4.78, 5) is 37.7. The molecule has 2 unspecified atom stereocenters. The molecule has 9 nitrogen and oxygen atoms in total. The second-order valence-electron chi connectivity index (χ2n) is 18.9. The summed E-state index contributed by atoms with van der Waals surface area (Å²) in [6, 6.07) is 0. The van der Waals surface area contributed by atoms with Crippen LogP contribution in [-0.4, -0.2) is 70.0 Å². The Morgan fingerprint density at radius 1 is 0.492 bits per heavy atom. The minimum absolute atomic E-state index is 0.0327. The summed E-state index contributed by atoms with van der Waals surface area (Å²) < 4.78 is 34.0. The number of nitrogens with zero attached hydrogens (tertiary/aromatic N) is 1. The zero-order valence-electron chi connectivity index (χ0n) is 42.7. The first-order valence-corrected chi connectivity index (χ1v) is 28.0. The lowest BCUT2D eigenvalue weighted by atomic mass is 10.0. The number of rotatable bonds is 48. The lowest BCUT2D eigenvalue weighted by Gasteiger charge is -2.28. The molecule has 65 heavy (non-hydrogen) atoms. The van der Waals surface area contributed by atoms with Gasteiger partial charge in [-0.25, -0.2) is 0 Å². The van der Waals surface area contributed by atoms with Gasteiger partial charge in [0.1, 0.15) is 19.8 Å². The summed E-state index contributed by atoms with van der Waals surface area (Å²) in [5.41, 5.74) is 0. The largest absolute Gasteiger partial charge is 0.756 e. The zero-order valence-corrected chi connectivity index (χ0v) is 43.6. The molecule has 0 aromatic rings. The van der Waals surface area contributed by atoms with Crippen LogP contribution in [0.25, 0.3) is 0 Å². The van der Waals surface area contributed by atoms with Crippen molar-refractivity contribution >= 4 is 19.8 Å². The topological polar surface area (TPSA) is 111 Å². The van der Waals surface area contributed by atoms with Gasteiger partial charge in [0.05, 0.1) is 27.7 Å². The van der Waals surface area contributed by atoms with Crippen molar-refractivity contribution in [3.8, 4) is 0 Å². The van der Waals surface area contributed by atoms with Gasteiger partial charge < -0.3 is 27.9 Å². The Morgan fingerprint density at radius 3 is 1.32 bits per heavy atom. The van der Waals surface area contributed by atoms with Crippen LogP contribution in [0.3, 0.4) is 0 Å². The highest BCUT2D eigenvalue weighted by Gasteiger charge is 2.21. The third-order valence-corrected chi connectivity index (χ3v) is 12.2. The number of unbranched alkanes of at least 4 members (excludes halogenated alkanes) is 24. The van der Waals surface area contributed by atoms with Gasteiger partial charge in [-0.3, -0.25) is 14.2 Å². The Kier molecular flexibility index (Phi) is 45.2. The molecule has 0 aliphatic heterocycles. The summed E-state index contributed by atoms with van der Waals surface area (Å²) in [5.74, 6) is -0.841. The third kappa shape index (κ3) is 51.0. The van der Waals surface area contributed by atoms with Crippen LogP contribution in [-0.2, 0) is 32.7 Å². The quantitative estimate of drug-likeness (QED) is 0.0195. The third-order valence-electron chi connectivity index (χ3n) is 11.3. The molecule has 0 aromatic carbocycles. The monoisotopic (exact) mass is 934 g/mol. The van der Waals surface area contributed by atoms with E-state index in [9.17, 15) is 19.0 Å². The molecule has 0 aromatic heterocycles. The van der Waals surface area contributed by atoms with Crippen LogP contribution >= 0.6 is 7.82 Å². The minimum Gasteiger partial charge on any atom is -0.756 e. The maximum Gasteiger partial charge on any atom is 0.306 e. The fraction of sp³-hybridized carbons (Fsp3) is 0.782. The highest BCUT2D eigenvalue weighted by atomic mass is 31.2. The van der Waals surface area contributed by atoms with E-state index in [2.05, 4.69) is 74.6 Å². The van der Waals surface area contributed by atoms with E-state index in [1.165, 1.54) is 109 Å². The van der Waals surface area contributed by atoms with Crippen molar-refractivity contribution in [2.45, 2.75) is 232 Å². The molecule has 378 valence electrons. The predicted molar refractivity (Wildman–Crippen MR) is 273 cm³/mol. The number of hydrogen-bond acceptors (Lipinski definition) is 8. The Morgan fingerprint density at radius 2 is 0.877 bits per heavy atom. The molecule has 0 spiro atoms. The number of carbonyl (C=O) groups is 2. The van der Waals surface area contributed by atoms with Gasteiger partial charge in [-0.05, 0) is 77.0 Å². The fourth-order valence-electron chi connectivity index (χ4n) is 7.17. The summed E-state index contributed by atoms with van der Waals surface area (Å²) in [6.07, 6.45) is 58.4. The molecule has 0 rings (SSSR count). The van der Waals surface area contributed by atoms with Crippen LogP contribution in [0.2, 0.25) is 0 Å². The number of phosphoric acid groups is 1. The van der Waals surface area contributed by atoms with Crippen molar-refractivity contribution in [2.24, 2.45) is 0 Å². The van der Waals surface area contributed by atoms with Crippen molar-refractivity contribution < 1.29 is 42.1 Å². The minimum atomic E-state index is -4.63. The first-order chi connectivity index (χ1) is 31.5. The molecule has 2 atom stereocenters. The Labute approximate surface area is 400 Å². The number of quaternary nitrogens is 1. The first kappa shape index (κ1) is 62.7. The van der Waals surface area contributed by atoms with E-state index in [4.69, 9.17) is 18.5 Å². The van der Waals surface area contributed by atoms with E-state index in [1.54, 1.807) is 0 Å². The van der Waals surface area contributed by atoms with Gasteiger partial charge in [-0.2, -0.15) is 0 Å². The maximum absolute atomic E-state index is 12.7. The average molecular weight is 934 g/mol. The molecule has 0 aliphatic rings. The highest BCUT2D eigenvalue weighted by Crippen LogP contribution is 2.38. The molecular weight excluding hydrogens is 834 g/mol. The average Bonchev–Trinajstić information content (AvgIpc) is 3.26. The van der Waals surface area contributed by atoms with Gasteiger partial charge in [0.25, 0.3) is 7.82 Å². The molecule has 10 heteroatoms. The molecular formula is C55H100NO8P. The maximum atomic E-state index is 12.7. The van der Waals surface area contributed by atoms with Gasteiger partial charge in [0.2, 0.25) is 0 Å². The zero-order chi connectivity index (χ0) is 47.8. The van der Waals surface area contributed by atoms with E-state index < -0.39 is 32.5 Å². The molecule has 0 fully saturated rings. The number of ether oxygens (including phenoxy) is 2. The van der Waals surface area contributed by atoms with E-state index in [0.29, 0.717) is 17.4 Å². The lowest BCUT2D eigenvalue weighted by molar-refractivity contribution is -0.870. The SMILES string of the molecule is CC/C=C\C/C=C\C/C=C\C/C=C\CCCCCCCCCCCCCCCCCCC(=O)OC(COC(=O)CCCCCCC/C=C\CCCCC)COP(=O)([O-])OCC[N+](C)(C)C. The van der Waals surface area contributed by atoms with Crippen molar-refractivity contribution in [1.82, 2.24) is 0 Å². The fourth-order valence-corrected chi connectivity index (χ4v) is 7.90. The first-order valence-electron chi connectivity index (χ1n) is 26.5. The number of likely N-dealkylation sites (N-methyl/N-ethyl adjacent to an activating group) is 1. The van der Waals surface area contributed by atoms with E-state index >= 15 is 0 Å². The molecule has 0 saturated heterocycles. The van der Waals surface area contributed by atoms with Crippen molar-refractivity contribution in [3.05, 3.63) is 60.8 Å². The Hall–Kier alpha value is -2.29. The summed E-state index contributed by atoms with van der Waals surface area (Å²) in [6.45, 7) is 4.09. The molecule has 0 bridgehead atoms. The van der Waals surface area contributed by atoms with Crippen LogP contribution in [0.4, 0.5) is 0 Å². The van der Waals surface area contributed by atoms with Crippen LogP contribution in [0, 0.1) is 0 Å². The molecule has 0 radical (unpaired) electrons. The van der Waals surface area contributed by atoms with Gasteiger partial charge in [0.15, 0.2) is 6.10 Å². The van der Waals surface area contributed by atoms with Crippen LogP contribution in [0.1, 0.15) is 226 Å². The Balaban J connectivity index is 4.09. The van der Waals surface area contributed by atoms with Crippen molar-refractivity contribution in [3.63, 3.8) is 0 Å². The molecule has 0 amide bonds. The van der Waals surface area contributed by atoms with Crippen LogP contribution < -0.4 is 4.89 Å². The second kappa shape index (κ2) is 46.8. The van der Waals surface area contributed by atoms with Gasteiger partial charge >= 0.3 is 11.9 Å². The number of esters is 2. The normalized spacial score (nSPS) is 13.9. The smallest absolute Gasteiger partial charge is 0.306 e. The number of hydrogen-bond donors (Lipinski definition) is 0. The lowest BCUT2D eigenvalue weighted by Crippen LogP contribution is -2.37. The predicted octanol–water partition coefficient (Wildman–Crippen LogP) is 15.3. The molecule has 0 heterocycles. The van der Waals surface area contributed by atoms with Crippen LogP contribution in [0.5, 0.6) is 0 Å². The number of phosphoric ester groups is 1. The summed E-state index contributed by atoms with van der Waals surface area (Å²) >= 11 is 0. The molecule has 0 N–H and O–H groups in total. The van der Waals surface area contributed by atoms with Crippen molar-refractivity contribution in [1.29, 1.82) is 0 Å². The van der Waals surface area contributed by atoms with Gasteiger partial charge in [-0.15, -0.1) is 0 Å². The van der Waals surface area contributed by atoms with E-state index in [0.717, 1.165) is 83.5 Å². The van der Waals surface area contributed by atoms with Crippen LogP contribution in [0.15, 0.2) is 60.8 Å². The molecule has 0 aliphatic carbocycles. The van der Waals surface area contributed by atoms with Gasteiger partial charge in [0, 0.05) is 12.8 Å². The molecule has 0 saturated carbocycles.